The van der Waals surface area contributed by atoms with Crippen LogP contribution in [0.15, 0.2) is 90.0 Å². The lowest BCUT2D eigenvalue weighted by atomic mass is 10.0. The number of ether oxygens (including phenoxy) is 1. The van der Waals surface area contributed by atoms with Crippen LogP contribution in [-0.4, -0.2) is 23.1 Å². The second kappa shape index (κ2) is 9.00. The molecule has 0 saturated carbocycles. The molecule has 152 valence electrons. The number of hydrogen-bond acceptors (Lipinski definition) is 5. The molecule has 0 aliphatic heterocycles. The Bertz CT molecular complexity index is 1280. The molecular weight excluding hydrogens is 390 g/mol. The van der Waals surface area contributed by atoms with E-state index >= 15 is 0 Å². The number of esters is 1. The van der Waals surface area contributed by atoms with Gasteiger partial charge in [-0.25, -0.2) is 10.4 Å². The van der Waals surface area contributed by atoms with Crippen LogP contribution >= 0.6 is 0 Å². The van der Waals surface area contributed by atoms with Crippen molar-refractivity contribution in [1.82, 2.24) is 10.4 Å². The number of pyridine rings is 1. The predicted molar refractivity (Wildman–Crippen MR) is 120 cm³/mol. The van der Waals surface area contributed by atoms with E-state index in [2.05, 4.69) is 15.5 Å². The van der Waals surface area contributed by atoms with Crippen LogP contribution in [0.5, 0.6) is 5.75 Å². The Morgan fingerprint density at radius 2 is 1.71 bits per heavy atom. The topological polar surface area (TPSA) is 80.6 Å². The summed E-state index contributed by atoms with van der Waals surface area (Å²) in [6.45, 7) is 1.34. The average Bonchev–Trinajstić information content (AvgIpc) is 2.78. The third kappa shape index (κ3) is 4.82. The number of amides is 1. The Labute approximate surface area is 179 Å². The number of carbonyl (C=O) groups is 2. The monoisotopic (exact) mass is 409 g/mol. The summed E-state index contributed by atoms with van der Waals surface area (Å²) in [4.78, 5) is 28.7. The zero-order valence-corrected chi connectivity index (χ0v) is 16.8. The lowest BCUT2D eigenvalue weighted by Gasteiger charge is -2.09. The molecule has 0 bridgehead atoms. The van der Waals surface area contributed by atoms with E-state index in [1.165, 1.54) is 13.1 Å². The fourth-order valence-electron chi connectivity index (χ4n) is 3.17. The highest BCUT2D eigenvalue weighted by atomic mass is 16.5. The van der Waals surface area contributed by atoms with E-state index in [-0.39, 0.29) is 5.91 Å². The number of rotatable bonds is 5. The number of hydrazone groups is 1. The Hall–Kier alpha value is -4.32. The number of para-hydroxylation sites is 1. The van der Waals surface area contributed by atoms with Crippen LogP contribution in [0.4, 0.5) is 0 Å². The standard InChI is InChI=1S/C25H19N3O3/c1-17(29)31-20-11-7-8-18(14-20)16-26-28-25(30)22-15-24(19-9-3-2-4-10-19)27-23-13-6-5-12-21(22)23/h2-16H,1H3,(H,28,30)/b26-16-. The minimum absolute atomic E-state index is 0.344. The summed E-state index contributed by atoms with van der Waals surface area (Å²) in [5.41, 5.74) is 6.10. The summed E-state index contributed by atoms with van der Waals surface area (Å²) in [5, 5.41) is 4.80. The van der Waals surface area contributed by atoms with Crippen LogP contribution in [0.3, 0.4) is 0 Å². The zero-order valence-electron chi connectivity index (χ0n) is 16.8. The number of nitrogens with one attached hydrogen (secondary N) is 1. The van der Waals surface area contributed by atoms with Gasteiger partial charge in [0.2, 0.25) is 0 Å². The maximum atomic E-state index is 12.9. The second-order valence-corrected chi connectivity index (χ2v) is 6.80. The van der Waals surface area contributed by atoms with Gasteiger partial charge in [-0.1, -0.05) is 60.7 Å². The summed E-state index contributed by atoms with van der Waals surface area (Å²) in [5.74, 6) is -0.334. The molecule has 0 atom stereocenters. The molecule has 1 heterocycles. The summed E-state index contributed by atoms with van der Waals surface area (Å²) in [7, 11) is 0. The summed E-state index contributed by atoms with van der Waals surface area (Å²) in [6.07, 6.45) is 1.49. The molecule has 31 heavy (non-hydrogen) atoms. The first-order chi connectivity index (χ1) is 15.1. The van der Waals surface area contributed by atoms with E-state index in [1.807, 2.05) is 54.6 Å². The van der Waals surface area contributed by atoms with Gasteiger partial charge in [0.05, 0.1) is 23.0 Å². The fourth-order valence-corrected chi connectivity index (χ4v) is 3.17. The van der Waals surface area contributed by atoms with Crippen LogP contribution in [0.25, 0.3) is 22.2 Å². The number of aromatic nitrogens is 1. The molecule has 4 aromatic rings. The molecule has 6 nitrogen and oxygen atoms in total. The minimum Gasteiger partial charge on any atom is -0.427 e. The van der Waals surface area contributed by atoms with E-state index < -0.39 is 5.97 Å². The lowest BCUT2D eigenvalue weighted by Crippen LogP contribution is -2.18. The predicted octanol–water partition coefficient (Wildman–Crippen LogP) is 4.59. The van der Waals surface area contributed by atoms with Gasteiger partial charge >= 0.3 is 5.97 Å². The molecular formula is C25H19N3O3. The van der Waals surface area contributed by atoms with E-state index in [0.29, 0.717) is 22.6 Å². The SMILES string of the molecule is CC(=O)Oc1cccc(/C=N\NC(=O)c2cc(-c3ccccc3)nc3ccccc23)c1. The van der Waals surface area contributed by atoms with Gasteiger partial charge in [0.15, 0.2) is 0 Å². The van der Waals surface area contributed by atoms with Crippen molar-refractivity contribution in [2.75, 3.05) is 0 Å². The van der Waals surface area contributed by atoms with E-state index in [0.717, 1.165) is 16.5 Å². The van der Waals surface area contributed by atoms with Crippen LogP contribution in [0, 0.1) is 0 Å². The van der Waals surface area contributed by atoms with Crippen molar-refractivity contribution in [3.05, 3.63) is 96.1 Å². The lowest BCUT2D eigenvalue weighted by molar-refractivity contribution is -0.131. The zero-order chi connectivity index (χ0) is 21.6. The van der Waals surface area contributed by atoms with Gasteiger partial charge in [-0.3, -0.25) is 9.59 Å². The molecule has 1 amide bonds. The van der Waals surface area contributed by atoms with Crippen LogP contribution in [-0.2, 0) is 4.79 Å². The normalized spacial score (nSPS) is 10.9. The smallest absolute Gasteiger partial charge is 0.308 e. The molecule has 1 aromatic heterocycles. The molecule has 3 aromatic carbocycles. The highest BCUT2D eigenvalue weighted by Crippen LogP contribution is 2.24. The average molecular weight is 409 g/mol. The van der Waals surface area contributed by atoms with Crippen molar-refractivity contribution in [3.63, 3.8) is 0 Å². The van der Waals surface area contributed by atoms with E-state index in [1.54, 1.807) is 30.3 Å². The quantitative estimate of drug-likeness (QED) is 0.226. The maximum Gasteiger partial charge on any atom is 0.308 e. The number of fused-ring (bicyclic) bond motifs is 1. The largest absolute Gasteiger partial charge is 0.427 e. The van der Waals surface area contributed by atoms with Gasteiger partial charge in [-0.15, -0.1) is 0 Å². The van der Waals surface area contributed by atoms with Crippen LogP contribution in [0.1, 0.15) is 22.8 Å². The Balaban J connectivity index is 1.60. The summed E-state index contributed by atoms with van der Waals surface area (Å²) in [6, 6.07) is 25.8. The number of benzene rings is 3. The maximum absolute atomic E-state index is 12.9. The molecule has 0 saturated heterocycles. The Morgan fingerprint density at radius 3 is 2.52 bits per heavy atom. The van der Waals surface area contributed by atoms with Gasteiger partial charge in [-0.05, 0) is 29.8 Å². The van der Waals surface area contributed by atoms with Crippen LogP contribution in [0.2, 0.25) is 0 Å². The van der Waals surface area contributed by atoms with Crippen molar-refractivity contribution in [2.24, 2.45) is 5.10 Å². The van der Waals surface area contributed by atoms with Gasteiger partial charge in [0, 0.05) is 17.9 Å². The Morgan fingerprint density at radius 1 is 0.935 bits per heavy atom. The van der Waals surface area contributed by atoms with Crippen LogP contribution < -0.4 is 10.2 Å². The van der Waals surface area contributed by atoms with Crippen molar-refractivity contribution in [3.8, 4) is 17.0 Å². The van der Waals surface area contributed by atoms with Gasteiger partial charge in [0.1, 0.15) is 5.75 Å². The second-order valence-electron chi connectivity index (χ2n) is 6.80. The van der Waals surface area contributed by atoms with Crippen molar-refractivity contribution in [2.45, 2.75) is 6.92 Å². The van der Waals surface area contributed by atoms with Gasteiger partial charge in [-0.2, -0.15) is 5.10 Å². The molecule has 0 unspecified atom stereocenters. The molecule has 0 spiro atoms. The van der Waals surface area contributed by atoms with E-state index in [9.17, 15) is 9.59 Å². The molecule has 6 heteroatoms. The first-order valence-corrected chi connectivity index (χ1v) is 9.67. The fraction of sp³-hybridized carbons (Fsp3) is 0.0400. The Kier molecular flexibility index (Phi) is 5.80. The number of hydrogen-bond donors (Lipinski definition) is 1. The minimum atomic E-state index is -0.402. The van der Waals surface area contributed by atoms with Crippen molar-refractivity contribution in [1.29, 1.82) is 0 Å². The summed E-state index contributed by atoms with van der Waals surface area (Å²) < 4.78 is 5.06. The number of carbonyl (C=O) groups excluding carboxylic acids is 2. The molecule has 0 aliphatic carbocycles. The summed E-state index contributed by atoms with van der Waals surface area (Å²) >= 11 is 0. The molecule has 0 radical (unpaired) electrons. The molecule has 1 N–H and O–H groups in total. The van der Waals surface area contributed by atoms with Gasteiger partial charge < -0.3 is 4.74 Å². The number of nitrogens with zero attached hydrogens (tertiary/aromatic N) is 2. The van der Waals surface area contributed by atoms with Gasteiger partial charge in [0.25, 0.3) is 5.91 Å². The first kappa shape index (κ1) is 20.0. The van der Waals surface area contributed by atoms with Crippen molar-refractivity contribution >= 4 is 29.0 Å². The first-order valence-electron chi connectivity index (χ1n) is 9.67. The third-order valence-corrected chi connectivity index (χ3v) is 4.53. The van der Waals surface area contributed by atoms with Crippen molar-refractivity contribution < 1.29 is 14.3 Å². The highest BCUT2D eigenvalue weighted by Gasteiger charge is 2.13. The molecule has 0 aliphatic rings. The van der Waals surface area contributed by atoms with E-state index in [4.69, 9.17) is 4.74 Å². The highest BCUT2D eigenvalue weighted by molar-refractivity contribution is 6.07. The third-order valence-electron chi connectivity index (χ3n) is 4.53. The molecule has 4 rings (SSSR count). The molecule has 0 fully saturated rings.